The molecule has 0 atom stereocenters. The van der Waals surface area contributed by atoms with Crippen molar-refractivity contribution in [2.24, 2.45) is 0 Å². The van der Waals surface area contributed by atoms with Crippen LogP contribution in [0.5, 0.6) is 17.2 Å². The van der Waals surface area contributed by atoms with Crippen LogP contribution < -0.4 is 14.2 Å². The van der Waals surface area contributed by atoms with E-state index in [0.29, 0.717) is 36.4 Å². The van der Waals surface area contributed by atoms with Crippen molar-refractivity contribution in [1.29, 1.82) is 0 Å². The van der Waals surface area contributed by atoms with Gasteiger partial charge in [-0.1, -0.05) is 6.92 Å². The van der Waals surface area contributed by atoms with Gasteiger partial charge in [-0.2, -0.15) is 26.3 Å². The Morgan fingerprint density at radius 2 is 1.19 bits per heavy atom. The molecule has 3 nitrogen and oxygen atoms in total. The lowest BCUT2D eigenvalue weighted by molar-refractivity contribution is -0.190. The van der Waals surface area contributed by atoms with Gasteiger partial charge in [0.05, 0.1) is 5.56 Å². The number of ether oxygens (including phenoxy) is 3. The van der Waals surface area contributed by atoms with Gasteiger partial charge in [0.25, 0.3) is 0 Å². The number of rotatable bonds is 9. The molecule has 36 heavy (non-hydrogen) atoms. The van der Waals surface area contributed by atoms with Crippen LogP contribution in [0.15, 0.2) is 48.5 Å². The van der Waals surface area contributed by atoms with Crippen molar-refractivity contribution in [1.82, 2.24) is 0 Å². The van der Waals surface area contributed by atoms with Crippen LogP contribution in [0.2, 0.25) is 0 Å². The molecule has 0 saturated carbocycles. The van der Waals surface area contributed by atoms with Crippen molar-refractivity contribution in [3.05, 3.63) is 88.5 Å². The number of aryl methyl sites for hydroxylation is 1. The van der Waals surface area contributed by atoms with Crippen LogP contribution in [0.3, 0.4) is 0 Å². The molecule has 194 valence electrons. The summed E-state index contributed by atoms with van der Waals surface area (Å²) < 4.78 is 150. The predicted molar refractivity (Wildman–Crippen MR) is 104 cm³/mol. The van der Waals surface area contributed by atoms with Gasteiger partial charge < -0.3 is 14.2 Å². The molecule has 0 aromatic heterocycles. The summed E-state index contributed by atoms with van der Waals surface area (Å²) in [4.78, 5) is 0. The molecule has 0 fully saturated rings. The maximum absolute atomic E-state index is 14.4. The third-order valence-electron chi connectivity index (χ3n) is 4.66. The van der Waals surface area contributed by atoms with Crippen molar-refractivity contribution in [2.75, 3.05) is 0 Å². The van der Waals surface area contributed by atoms with E-state index in [1.54, 1.807) is 6.92 Å². The van der Waals surface area contributed by atoms with Crippen LogP contribution in [0.1, 0.15) is 23.6 Å². The number of benzene rings is 3. The van der Waals surface area contributed by atoms with Gasteiger partial charge >= 0.3 is 18.8 Å². The Morgan fingerprint density at radius 3 is 1.67 bits per heavy atom. The lowest BCUT2D eigenvalue weighted by Crippen LogP contribution is -2.26. The number of alkyl halides is 6. The van der Waals surface area contributed by atoms with Gasteiger partial charge in [0.1, 0.15) is 28.7 Å². The summed E-state index contributed by atoms with van der Waals surface area (Å²) in [6.07, 6.45) is -8.64. The van der Waals surface area contributed by atoms with E-state index in [2.05, 4.69) is 14.2 Å². The summed E-state index contributed by atoms with van der Waals surface area (Å²) in [6.45, 7) is -2.04. The maximum atomic E-state index is 14.4. The third kappa shape index (κ3) is 5.94. The van der Waals surface area contributed by atoms with E-state index in [0.717, 1.165) is 0 Å². The number of hydrogen-bond donors (Lipinski definition) is 0. The third-order valence-corrected chi connectivity index (χ3v) is 4.66. The summed E-state index contributed by atoms with van der Waals surface area (Å²) >= 11 is 0. The van der Waals surface area contributed by atoms with Crippen molar-refractivity contribution in [3.8, 4) is 17.2 Å². The molecule has 0 aliphatic rings. The van der Waals surface area contributed by atoms with E-state index >= 15 is 0 Å². The zero-order chi connectivity index (χ0) is 26.8. The topological polar surface area (TPSA) is 27.7 Å². The fourth-order valence-electron chi connectivity index (χ4n) is 3.03. The van der Waals surface area contributed by atoms with Crippen LogP contribution in [0.25, 0.3) is 0 Å². The van der Waals surface area contributed by atoms with Gasteiger partial charge in [0.15, 0.2) is 17.4 Å². The minimum absolute atomic E-state index is 0.118. The van der Waals surface area contributed by atoms with E-state index in [9.17, 15) is 43.9 Å². The van der Waals surface area contributed by atoms with Gasteiger partial charge in [-0.3, -0.25) is 0 Å². The molecule has 0 aliphatic heterocycles. The molecular formula is C23H14F10O3. The maximum Gasteiger partial charge on any atom is 0.432 e. The molecule has 3 aromatic rings. The smallest absolute Gasteiger partial charge is 0.429 e. The standard InChI is InChI=1S/C23H14F10O3/c1-2-11-7-15(24)19(16(25)8-11)23(32,33)35-13-5-3-12(4-6-13)22(30,31)36-14-9-17(26)20(18(27)10-14)34-21(28)29/h3-10,21H,2H2,1H3. The van der Waals surface area contributed by atoms with Gasteiger partial charge in [-0.15, -0.1) is 0 Å². The van der Waals surface area contributed by atoms with Crippen molar-refractivity contribution in [3.63, 3.8) is 0 Å². The molecule has 3 rings (SSSR count). The summed E-state index contributed by atoms with van der Waals surface area (Å²) in [5, 5.41) is 0. The second kappa shape index (κ2) is 10.2. The molecule has 0 bridgehead atoms. The lowest BCUT2D eigenvalue weighted by atomic mass is 10.1. The first-order valence-corrected chi connectivity index (χ1v) is 9.90. The Morgan fingerprint density at radius 1 is 0.694 bits per heavy atom. The van der Waals surface area contributed by atoms with E-state index in [1.807, 2.05) is 0 Å². The van der Waals surface area contributed by atoms with Crippen LogP contribution in [0, 0.1) is 23.3 Å². The van der Waals surface area contributed by atoms with Gasteiger partial charge in [0.2, 0.25) is 0 Å². The number of halogens is 10. The van der Waals surface area contributed by atoms with Crippen LogP contribution in [-0.2, 0) is 18.6 Å². The highest BCUT2D eigenvalue weighted by atomic mass is 19.3. The molecule has 0 saturated heterocycles. The van der Waals surface area contributed by atoms with Crippen molar-refractivity contribution >= 4 is 0 Å². The first-order chi connectivity index (χ1) is 16.7. The Bertz CT molecular complexity index is 1180. The predicted octanol–water partition coefficient (Wildman–Crippen LogP) is 7.66. The molecule has 0 amide bonds. The monoisotopic (exact) mass is 528 g/mol. The van der Waals surface area contributed by atoms with E-state index in [-0.39, 0.29) is 24.1 Å². The first-order valence-electron chi connectivity index (χ1n) is 9.90. The second-order valence-corrected chi connectivity index (χ2v) is 7.14. The summed E-state index contributed by atoms with van der Waals surface area (Å²) in [5.74, 6) is -10.0. The quantitative estimate of drug-likeness (QED) is 0.267. The SMILES string of the molecule is CCc1cc(F)c(C(F)(F)Oc2ccc(C(F)(F)Oc3cc(F)c(OC(F)F)c(F)c3)cc2)c(F)c1. The van der Waals surface area contributed by atoms with Crippen LogP contribution in [0.4, 0.5) is 43.9 Å². The van der Waals surface area contributed by atoms with E-state index in [1.165, 1.54) is 0 Å². The molecule has 0 unspecified atom stereocenters. The average molecular weight is 528 g/mol. The molecular weight excluding hydrogens is 514 g/mol. The van der Waals surface area contributed by atoms with Crippen molar-refractivity contribution in [2.45, 2.75) is 32.2 Å². The fourth-order valence-corrected chi connectivity index (χ4v) is 3.03. The highest BCUT2D eigenvalue weighted by Gasteiger charge is 2.41. The fraction of sp³-hybridized carbons (Fsp3) is 0.217. The molecule has 0 N–H and O–H groups in total. The Balaban J connectivity index is 1.79. The highest BCUT2D eigenvalue weighted by molar-refractivity contribution is 5.37. The minimum atomic E-state index is -4.52. The Kier molecular flexibility index (Phi) is 7.60. The normalized spacial score (nSPS) is 12.1. The van der Waals surface area contributed by atoms with Crippen LogP contribution in [-0.4, -0.2) is 6.61 Å². The zero-order valence-electron chi connectivity index (χ0n) is 17.9. The summed E-state index contributed by atoms with van der Waals surface area (Å²) in [7, 11) is 0. The molecule has 13 heteroatoms. The van der Waals surface area contributed by atoms with Gasteiger partial charge in [0, 0.05) is 12.1 Å². The van der Waals surface area contributed by atoms with E-state index in [4.69, 9.17) is 0 Å². The highest BCUT2D eigenvalue weighted by Crippen LogP contribution is 2.38. The Hall–Kier alpha value is -3.64. The van der Waals surface area contributed by atoms with Gasteiger partial charge in [-0.25, -0.2) is 17.6 Å². The summed E-state index contributed by atoms with van der Waals surface area (Å²) in [6, 6.07) is 4.04. The zero-order valence-corrected chi connectivity index (χ0v) is 17.9. The minimum Gasteiger partial charge on any atom is -0.429 e. The Labute approximate surface area is 196 Å². The second-order valence-electron chi connectivity index (χ2n) is 7.14. The summed E-state index contributed by atoms with van der Waals surface area (Å²) in [5.41, 5.74) is -2.57. The van der Waals surface area contributed by atoms with Crippen molar-refractivity contribution < 1.29 is 58.1 Å². The first kappa shape index (κ1) is 27.0. The lowest BCUT2D eigenvalue weighted by Gasteiger charge is -2.21. The van der Waals surface area contributed by atoms with E-state index < -0.39 is 70.5 Å². The largest absolute Gasteiger partial charge is 0.432 e. The number of hydrogen-bond acceptors (Lipinski definition) is 3. The van der Waals surface area contributed by atoms with Gasteiger partial charge in [-0.05, 0) is 48.4 Å². The van der Waals surface area contributed by atoms with Crippen LogP contribution >= 0.6 is 0 Å². The molecule has 0 radical (unpaired) electrons. The molecule has 0 spiro atoms. The molecule has 3 aromatic carbocycles. The molecule has 0 aliphatic carbocycles. The molecule has 0 heterocycles. The average Bonchev–Trinajstić information content (AvgIpc) is 2.75.